The van der Waals surface area contributed by atoms with Gasteiger partial charge in [0.2, 0.25) is 0 Å². The van der Waals surface area contributed by atoms with Crippen molar-refractivity contribution in [3.05, 3.63) is 22.8 Å². The first-order valence-electron chi connectivity index (χ1n) is 8.90. The van der Waals surface area contributed by atoms with Gasteiger partial charge in [-0.25, -0.2) is 9.59 Å². The van der Waals surface area contributed by atoms with E-state index in [-0.39, 0.29) is 12.4 Å². The number of esters is 2. The van der Waals surface area contributed by atoms with E-state index in [9.17, 15) is 14.7 Å². The number of cyclic esters (lactones) is 1. The Labute approximate surface area is 174 Å². The van der Waals surface area contributed by atoms with Gasteiger partial charge in [0.1, 0.15) is 17.5 Å². The Morgan fingerprint density at radius 2 is 2.14 bits per heavy atom. The van der Waals surface area contributed by atoms with E-state index >= 15 is 0 Å². The molecule has 0 aliphatic carbocycles. The minimum Gasteiger partial charge on any atom is -0.507 e. The van der Waals surface area contributed by atoms with Crippen LogP contribution in [0.15, 0.2) is 6.07 Å². The lowest BCUT2D eigenvalue weighted by Gasteiger charge is -2.20. The lowest BCUT2D eigenvalue weighted by Crippen LogP contribution is -2.42. The maximum Gasteiger partial charge on any atom is 0.338 e. The summed E-state index contributed by atoms with van der Waals surface area (Å²) in [5.74, 6) is 0.140. The van der Waals surface area contributed by atoms with E-state index in [4.69, 9.17) is 26.4 Å². The van der Waals surface area contributed by atoms with E-state index < -0.39 is 18.0 Å². The summed E-state index contributed by atoms with van der Waals surface area (Å²) >= 11 is 6.68. The molecule has 0 spiro atoms. The van der Waals surface area contributed by atoms with Crippen LogP contribution < -0.4 is 10.1 Å². The number of nitrogens with one attached hydrogen (secondary N) is 1. The van der Waals surface area contributed by atoms with Gasteiger partial charge in [0.05, 0.1) is 31.4 Å². The van der Waals surface area contributed by atoms with E-state index in [1.165, 1.54) is 32.0 Å². The van der Waals surface area contributed by atoms with Crippen LogP contribution in [-0.4, -0.2) is 54.7 Å². The average Bonchev–Trinajstić information content (AvgIpc) is 2.67. The Balaban J connectivity index is 2.35. The van der Waals surface area contributed by atoms with Gasteiger partial charge in [-0.2, -0.15) is 11.8 Å². The maximum absolute atomic E-state index is 12.7. The Kier molecular flexibility index (Phi) is 8.37. The van der Waals surface area contributed by atoms with Gasteiger partial charge in [0, 0.05) is 28.7 Å². The Bertz CT molecular complexity index is 752. The van der Waals surface area contributed by atoms with Crippen LogP contribution in [0.2, 0.25) is 0 Å². The minimum atomic E-state index is -0.595. The highest BCUT2D eigenvalue weighted by Gasteiger charge is 2.25. The number of phenolic OH excluding ortho intramolecular Hbond substituents is 1. The smallest absolute Gasteiger partial charge is 0.338 e. The van der Waals surface area contributed by atoms with E-state index in [1.54, 1.807) is 6.92 Å². The molecule has 0 fully saturated rings. The first-order chi connectivity index (χ1) is 13.4. The molecule has 154 valence electrons. The van der Waals surface area contributed by atoms with Crippen molar-refractivity contribution >= 4 is 40.9 Å². The molecule has 0 unspecified atom stereocenters. The molecule has 0 radical (unpaired) electrons. The summed E-state index contributed by atoms with van der Waals surface area (Å²) < 4.78 is 15.5. The predicted molar refractivity (Wildman–Crippen MR) is 111 cm³/mol. The molecule has 2 N–H and O–H groups in total. The molecule has 0 amide bonds. The normalized spacial score (nSPS) is 18.9. The number of phenols is 1. The molecule has 28 heavy (non-hydrogen) atoms. The molecule has 0 saturated heterocycles. The number of hydrogen-bond acceptors (Lipinski definition) is 8. The van der Waals surface area contributed by atoms with Gasteiger partial charge in [0.15, 0.2) is 0 Å². The van der Waals surface area contributed by atoms with Crippen LogP contribution in [0.5, 0.6) is 11.5 Å². The Hall–Kier alpha value is -2.00. The third kappa shape index (κ3) is 5.51. The number of aromatic hydroxyl groups is 1. The summed E-state index contributed by atoms with van der Waals surface area (Å²) in [6.07, 6.45) is 1.94. The molecule has 1 heterocycles. The number of thiocarbonyl (C=S) groups is 1. The van der Waals surface area contributed by atoms with E-state index in [1.807, 2.05) is 0 Å². The van der Waals surface area contributed by atoms with Crippen LogP contribution in [0.4, 0.5) is 0 Å². The maximum atomic E-state index is 12.7. The summed E-state index contributed by atoms with van der Waals surface area (Å²) in [6, 6.07) is 0.887. The van der Waals surface area contributed by atoms with Gasteiger partial charge in [-0.15, -0.1) is 0 Å². The van der Waals surface area contributed by atoms with Crippen molar-refractivity contribution < 1.29 is 28.9 Å². The zero-order valence-electron chi connectivity index (χ0n) is 16.2. The number of ether oxygens (including phenoxy) is 3. The quantitative estimate of drug-likeness (QED) is 0.546. The van der Waals surface area contributed by atoms with Crippen LogP contribution in [0, 0.1) is 6.92 Å². The fourth-order valence-corrected chi connectivity index (χ4v) is 4.27. The number of carbonyl (C=O) groups is 2. The molecule has 2 rings (SSSR count). The number of hydrogen-bond donors (Lipinski definition) is 2. The molecule has 0 saturated carbocycles. The van der Waals surface area contributed by atoms with Crippen molar-refractivity contribution in [3.8, 4) is 11.5 Å². The Morgan fingerprint density at radius 3 is 2.82 bits per heavy atom. The lowest BCUT2D eigenvalue weighted by atomic mass is 10.0. The molecule has 0 bridgehead atoms. The van der Waals surface area contributed by atoms with Crippen LogP contribution in [-0.2, 0) is 20.0 Å². The van der Waals surface area contributed by atoms with Crippen molar-refractivity contribution in [1.29, 1.82) is 0 Å². The molecule has 1 aliphatic heterocycles. The molecule has 1 atom stereocenters. The largest absolute Gasteiger partial charge is 0.507 e. The van der Waals surface area contributed by atoms with Gasteiger partial charge in [0.25, 0.3) is 0 Å². The monoisotopic (exact) mass is 427 g/mol. The highest BCUT2D eigenvalue weighted by atomic mass is 32.2. The second kappa shape index (κ2) is 10.5. The summed E-state index contributed by atoms with van der Waals surface area (Å²) in [5, 5.41) is 13.5. The summed E-state index contributed by atoms with van der Waals surface area (Å²) in [4.78, 5) is 25.3. The third-order valence-corrected chi connectivity index (χ3v) is 5.81. The van der Waals surface area contributed by atoms with Gasteiger partial charge in [-0.05, 0) is 26.2 Å². The SMILES string of the molecule is COC(=O)[C@@H]1CSCc2c(O)cc(OC)c(C)c2C(=O)OCCCCC(=S)N1. The molecule has 9 heteroatoms. The average molecular weight is 428 g/mol. The van der Waals surface area contributed by atoms with Gasteiger partial charge >= 0.3 is 11.9 Å². The fourth-order valence-electron chi connectivity index (χ4n) is 2.91. The van der Waals surface area contributed by atoms with Crippen LogP contribution >= 0.6 is 24.0 Å². The topological polar surface area (TPSA) is 94.1 Å². The fraction of sp³-hybridized carbons (Fsp3) is 0.526. The van der Waals surface area contributed by atoms with Gasteiger partial charge < -0.3 is 24.6 Å². The van der Waals surface area contributed by atoms with Crippen LogP contribution in [0.3, 0.4) is 0 Å². The zero-order chi connectivity index (χ0) is 20.7. The van der Waals surface area contributed by atoms with Crippen molar-refractivity contribution in [2.75, 3.05) is 26.6 Å². The molecule has 1 aromatic carbocycles. The number of carbonyl (C=O) groups excluding carboxylic acids is 2. The second-order valence-electron chi connectivity index (χ2n) is 6.33. The second-order valence-corrected chi connectivity index (χ2v) is 7.85. The molecular formula is C19H25NO6S2. The Morgan fingerprint density at radius 1 is 1.39 bits per heavy atom. The number of fused-ring (bicyclic) bond motifs is 1. The zero-order valence-corrected chi connectivity index (χ0v) is 17.8. The highest BCUT2D eigenvalue weighted by molar-refractivity contribution is 7.98. The van der Waals surface area contributed by atoms with Crippen molar-refractivity contribution in [2.45, 2.75) is 38.0 Å². The van der Waals surface area contributed by atoms with Crippen LogP contribution in [0.25, 0.3) is 0 Å². The van der Waals surface area contributed by atoms with E-state index in [2.05, 4.69) is 5.32 Å². The number of benzene rings is 1. The van der Waals surface area contributed by atoms with Crippen molar-refractivity contribution in [1.82, 2.24) is 5.32 Å². The number of rotatable bonds is 2. The summed E-state index contributed by atoms with van der Waals surface area (Å²) in [6.45, 7) is 2.00. The highest BCUT2D eigenvalue weighted by Crippen LogP contribution is 2.35. The van der Waals surface area contributed by atoms with Crippen molar-refractivity contribution in [3.63, 3.8) is 0 Å². The first kappa shape index (κ1) is 22.3. The van der Waals surface area contributed by atoms with E-state index in [0.717, 1.165) is 6.42 Å². The van der Waals surface area contributed by atoms with Crippen molar-refractivity contribution in [2.24, 2.45) is 0 Å². The standard InChI is InChI=1S/C19H25NO6S2/c1-11-15(24-2)8-14(21)12-9-28-10-13(18(22)25-3)20-16(27)6-4-5-7-26-19(23)17(11)12/h8,13,21H,4-7,9-10H2,1-3H3,(H,20,27)/t13-/m0/s1. The minimum absolute atomic E-state index is 0.0490. The molecular weight excluding hydrogens is 402 g/mol. The van der Waals surface area contributed by atoms with Gasteiger partial charge in [-0.3, -0.25) is 0 Å². The number of thioether (sulfide) groups is 1. The number of methoxy groups -OCH3 is 2. The summed E-state index contributed by atoms with van der Waals surface area (Å²) in [7, 11) is 2.81. The summed E-state index contributed by atoms with van der Waals surface area (Å²) in [5.41, 5.74) is 1.37. The predicted octanol–water partition coefficient (Wildman–Crippen LogP) is 2.74. The molecule has 7 nitrogen and oxygen atoms in total. The molecule has 1 aromatic rings. The third-order valence-electron chi connectivity index (χ3n) is 4.43. The molecule has 0 aromatic heterocycles. The lowest BCUT2D eigenvalue weighted by molar-refractivity contribution is -0.142. The van der Waals surface area contributed by atoms with Gasteiger partial charge in [-0.1, -0.05) is 12.2 Å². The first-order valence-corrected chi connectivity index (χ1v) is 10.5. The molecule has 1 aliphatic rings. The van der Waals surface area contributed by atoms with E-state index in [0.29, 0.717) is 51.8 Å². The van der Waals surface area contributed by atoms with Crippen LogP contribution in [0.1, 0.15) is 40.7 Å².